The molecule has 0 spiro atoms. The molecule has 14 heavy (non-hydrogen) atoms. The molecule has 0 heterocycles. The van der Waals surface area contributed by atoms with Gasteiger partial charge in [-0.3, -0.25) is 4.79 Å². The molecular formula is C13H20O. The standard InChI is InChI=1S/C13H20O/c1-10-6-5-8-13(4,12(10)3)9-7-11(2)14/h7,9H,5-6,8H2,1-4H3/b9-7+. The molecule has 0 saturated carbocycles. The summed E-state index contributed by atoms with van der Waals surface area (Å²) in [7, 11) is 0. The highest BCUT2D eigenvalue weighted by atomic mass is 16.1. The van der Waals surface area contributed by atoms with Gasteiger partial charge in [-0.15, -0.1) is 0 Å². The maximum absolute atomic E-state index is 10.9. The van der Waals surface area contributed by atoms with Crippen molar-refractivity contribution in [2.45, 2.75) is 47.0 Å². The molecule has 1 rings (SSSR count). The number of rotatable bonds is 2. The third kappa shape index (κ3) is 2.34. The Morgan fingerprint density at radius 1 is 1.43 bits per heavy atom. The lowest BCUT2D eigenvalue weighted by Gasteiger charge is -2.33. The Morgan fingerprint density at radius 3 is 2.64 bits per heavy atom. The predicted octanol–water partition coefficient (Wildman–Crippen LogP) is 3.66. The maximum atomic E-state index is 10.9. The molecular weight excluding hydrogens is 172 g/mol. The van der Waals surface area contributed by atoms with Crippen molar-refractivity contribution in [1.29, 1.82) is 0 Å². The molecule has 0 aromatic rings. The summed E-state index contributed by atoms with van der Waals surface area (Å²) < 4.78 is 0. The second kappa shape index (κ2) is 4.12. The highest BCUT2D eigenvalue weighted by Gasteiger charge is 2.27. The molecule has 1 aliphatic carbocycles. The first-order valence-electron chi connectivity index (χ1n) is 5.32. The summed E-state index contributed by atoms with van der Waals surface area (Å²) in [6.07, 6.45) is 7.41. The third-order valence-electron chi connectivity index (χ3n) is 3.43. The Kier molecular flexibility index (Phi) is 3.30. The van der Waals surface area contributed by atoms with Crippen LogP contribution in [0.3, 0.4) is 0 Å². The van der Waals surface area contributed by atoms with Gasteiger partial charge < -0.3 is 0 Å². The maximum Gasteiger partial charge on any atom is 0.152 e. The van der Waals surface area contributed by atoms with E-state index in [0.29, 0.717) is 0 Å². The Balaban J connectivity index is 2.93. The number of hydrogen-bond donors (Lipinski definition) is 0. The molecule has 1 aliphatic rings. The van der Waals surface area contributed by atoms with Gasteiger partial charge in [-0.05, 0) is 46.1 Å². The summed E-state index contributed by atoms with van der Waals surface area (Å²) in [6.45, 7) is 8.23. The van der Waals surface area contributed by atoms with Crippen LogP contribution in [0.2, 0.25) is 0 Å². The molecule has 0 saturated heterocycles. The largest absolute Gasteiger partial charge is 0.295 e. The third-order valence-corrected chi connectivity index (χ3v) is 3.43. The van der Waals surface area contributed by atoms with Crippen LogP contribution >= 0.6 is 0 Å². The van der Waals surface area contributed by atoms with Crippen LogP contribution in [0.15, 0.2) is 23.3 Å². The van der Waals surface area contributed by atoms with Crippen molar-refractivity contribution >= 4 is 5.78 Å². The SMILES string of the molecule is CC(=O)/C=C/C1(C)CCCC(C)=C1C. The van der Waals surface area contributed by atoms with Gasteiger partial charge in [-0.1, -0.05) is 24.1 Å². The molecule has 0 bridgehead atoms. The van der Waals surface area contributed by atoms with Crippen LogP contribution in [0.4, 0.5) is 0 Å². The van der Waals surface area contributed by atoms with Crippen molar-refractivity contribution in [3.05, 3.63) is 23.3 Å². The average Bonchev–Trinajstić information content (AvgIpc) is 2.11. The van der Waals surface area contributed by atoms with E-state index in [-0.39, 0.29) is 11.2 Å². The summed E-state index contributed by atoms with van der Waals surface area (Å²) in [4.78, 5) is 10.9. The normalized spacial score (nSPS) is 28.6. The van der Waals surface area contributed by atoms with E-state index >= 15 is 0 Å². The van der Waals surface area contributed by atoms with Crippen molar-refractivity contribution in [2.24, 2.45) is 5.41 Å². The molecule has 0 N–H and O–H groups in total. The van der Waals surface area contributed by atoms with E-state index in [2.05, 4.69) is 26.8 Å². The van der Waals surface area contributed by atoms with Crippen LogP contribution in [0, 0.1) is 5.41 Å². The Hall–Kier alpha value is -0.850. The Bertz CT molecular complexity index is 296. The van der Waals surface area contributed by atoms with Crippen LogP contribution in [0.25, 0.3) is 0 Å². The fourth-order valence-corrected chi connectivity index (χ4v) is 2.09. The fourth-order valence-electron chi connectivity index (χ4n) is 2.09. The number of carbonyl (C=O) groups is 1. The molecule has 78 valence electrons. The minimum Gasteiger partial charge on any atom is -0.295 e. The minimum atomic E-state index is 0.119. The van der Waals surface area contributed by atoms with E-state index in [1.54, 1.807) is 13.0 Å². The first-order valence-corrected chi connectivity index (χ1v) is 5.32. The second-order valence-corrected chi connectivity index (χ2v) is 4.62. The van der Waals surface area contributed by atoms with Gasteiger partial charge in [0.2, 0.25) is 0 Å². The van der Waals surface area contributed by atoms with Gasteiger partial charge in [0.05, 0.1) is 0 Å². The summed E-state index contributed by atoms with van der Waals surface area (Å²) in [5, 5.41) is 0. The molecule has 0 fully saturated rings. The quantitative estimate of drug-likeness (QED) is 0.482. The highest BCUT2D eigenvalue weighted by Crippen LogP contribution is 2.41. The number of carbonyl (C=O) groups excluding carboxylic acids is 1. The van der Waals surface area contributed by atoms with Crippen LogP contribution in [0.5, 0.6) is 0 Å². The molecule has 0 radical (unpaired) electrons. The molecule has 0 aliphatic heterocycles. The van der Waals surface area contributed by atoms with Crippen molar-refractivity contribution in [3.63, 3.8) is 0 Å². The molecule has 1 heteroatoms. The molecule has 0 aromatic carbocycles. The van der Waals surface area contributed by atoms with Crippen LogP contribution < -0.4 is 0 Å². The first kappa shape index (κ1) is 11.2. The number of hydrogen-bond acceptors (Lipinski definition) is 1. The average molecular weight is 192 g/mol. The second-order valence-electron chi connectivity index (χ2n) is 4.62. The van der Waals surface area contributed by atoms with E-state index in [1.807, 2.05) is 0 Å². The number of allylic oxidation sites excluding steroid dienone is 4. The zero-order valence-corrected chi connectivity index (χ0v) is 9.68. The summed E-state index contributed by atoms with van der Waals surface area (Å²) >= 11 is 0. The van der Waals surface area contributed by atoms with Crippen molar-refractivity contribution in [1.82, 2.24) is 0 Å². The molecule has 1 nitrogen and oxygen atoms in total. The molecule has 1 unspecified atom stereocenters. The van der Waals surface area contributed by atoms with Crippen LogP contribution in [-0.2, 0) is 4.79 Å². The van der Waals surface area contributed by atoms with Gasteiger partial charge in [0, 0.05) is 5.41 Å². The lowest BCUT2D eigenvalue weighted by molar-refractivity contribution is -0.112. The van der Waals surface area contributed by atoms with Crippen molar-refractivity contribution in [2.75, 3.05) is 0 Å². The topological polar surface area (TPSA) is 17.1 Å². The van der Waals surface area contributed by atoms with E-state index in [9.17, 15) is 4.79 Å². The molecule has 0 amide bonds. The Labute approximate surface area is 86.9 Å². The van der Waals surface area contributed by atoms with Gasteiger partial charge >= 0.3 is 0 Å². The van der Waals surface area contributed by atoms with Gasteiger partial charge in [0.1, 0.15) is 0 Å². The predicted molar refractivity (Wildman–Crippen MR) is 60.2 cm³/mol. The zero-order chi connectivity index (χ0) is 10.8. The highest BCUT2D eigenvalue weighted by molar-refractivity contribution is 5.87. The molecule has 1 atom stereocenters. The van der Waals surface area contributed by atoms with Crippen LogP contribution in [-0.4, -0.2) is 5.78 Å². The minimum absolute atomic E-state index is 0.119. The molecule has 0 aromatic heterocycles. The van der Waals surface area contributed by atoms with E-state index in [0.717, 1.165) is 0 Å². The fraction of sp³-hybridized carbons (Fsp3) is 0.615. The van der Waals surface area contributed by atoms with Gasteiger partial charge in [0.25, 0.3) is 0 Å². The van der Waals surface area contributed by atoms with E-state index in [1.165, 1.54) is 30.4 Å². The smallest absolute Gasteiger partial charge is 0.152 e. The monoisotopic (exact) mass is 192 g/mol. The first-order chi connectivity index (χ1) is 6.46. The lowest BCUT2D eigenvalue weighted by atomic mass is 9.72. The zero-order valence-electron chi connectivity index (χ0n) is 9.68. The van der Waals surface area contributed by atoms with Gasteiger partial charge in [-0.25, -0.2) is 0 Å². The van der Waals surface area contributed by atoms with Crippen molar-refractivity contribution in [3.8, 4) is 0 Å². The summed E-state index contributed by atoms with van der Waals surface area (Å²) in [5.41, 5.74) is 3.06. The van der Waals surface area contributed by atoms with Gasteiger partial charge in [-0.2, -0.15) is 0 Å². The summed E-state index contributed by atoms with van der Waals surface area (Å²) in [5.74, 6) is 0.141. The van der Waals surface area contributed by atoms with E-state index < -0.39 is 0 Å². The number of ketones is 1. The Morgan fingerprint density at radius 2 is 2.07 bits per heavy atom. The van der Waals surface area contributed by atoms with Crippen molar-refractivity contribution < 1.29 is 4.79 Å². The van der Waals surface area contributed by atoms with Gasteiger partial charge in [0.15, 0.2) is 5.78 Å². The van der Waals surface area contributed by atoms with E-state index in [4.69, 9.17) is 0 Å². The lowest BCUT2D eigenvalue weighted by Crippen LogP contribution is -2.20. The summed E-state index contributed by atoms with van der Waals surface area (Å²) in [6, 6.07) is 0. The van der Waals surface area contributed by atoms with Crippen LogP contribution in [0.1, 0.15) is 47.0 Å².